The first-order valence-electron chi connectivity index (χ1n) is 14.2. The molecule has 234 valence electrons. The van der Waals surface area contributed by atoms with Crippen molar-refractivity contribution in [1.29, 1.82) is 0 Å². The molecule has 0 unspecified atom stereocenters. The fourth-order valence-electron chi connectivity index (χ4n) is 5.74. The van der Waals surface area contributed by atoms with Crippen molar-refractivity contribution in [3.8, 4) is 5.69 Å². The predicted molar refractivity (Wildman–Crippen MR) is 155 cm³/mol. The Morgan fingerprint density at radius 2 is 1.80 bits per heavy atom. The molecule has 1 N–H and O–H groups in total. The van der Waals surface area contributed by atoms with Crippen molar-refractivity contribution >= 4 is 17.4 Å². The normalized spacial score (nSPS) is 17.1. The highest BCUT2D eigenvalue weighted by Gasteiger charge is 2.29. The number of anilines is 1. The number of ketones is 1. The zero-order chi connectivity index (χ0) is 31.7. The van der Waals surface area contributed by atoms with Gasteiger partial charge in [-0.05, 0) is 55.7 Å². The number of halogens is 3. The second-order valence-corrected chi connectivity index (χ2v) is 11.1. The molecular weight excluding hydrogens is 581 g/mol. The van der Waals surface area contributed by atoms with Crippen LogP contribution in [0.2, 0.25) is 0 Å². The number of rotatable bonds is 9. The molecule has 0 saturated carbocycles. The zero-order valence-electron chi connectivity index (χ0n) is 24.6. The second-order valence-electron chi connectivity index (χ2n) is 11.1. The number of Topliss-reactive ketones (excluding diaryl/α,β-unsaturated/α-hetero) is 1. The maximum Gasteiger partial charge on any atom is 0.335 e. The first-order chi connectivity index (χ1) is 21.0. The number of alkyl halides is 2. The van der Waals surface area contributed by atoms with Crippen LogP contribution in [0.15, 0.2) is 46.0 Å². The van der Waals surface area contributed by atoms with Gasteiger partial charge in [-0.25, -0.2) is 22.5 Å². The summed E-state index contributed by atoms with van der Waals surface area (Å²) in [4.78, 5) is 53.2. The van der Waals surface area contributed by atoms with Gasteiger partial charge in [0.05, 0.1) is 61.0 Å². The van der Waals surface area contributed by atoms with Crippen LogP contribution < -0.4 is 21.5 Å². The highest BCUT2D eigenvalue weighted by atomic mass is 19.3. The molecule has 2 atom stereocenters. The van der Waals surface area contributed by atoms with Gasteiger partial charge < -0.3 is 19.7 Å². The molecule has 1 amide bonds. The first-order valence-corrected chi connectivity index (χ1v) is 14.2. The summed E-state index contributed by atoms with van der Waals surface area (Å²) >= 11 is 0. The summed E-state index contributed by atoms with van der Waals surface area (Å²) in [6.07, 6.45) is -2.90. The van der Waals surface area contributed by atoms with Crippen molar-refractivity contribution in [3.63, 3.8) is 0 Å². The molecule has 0 spiro atoms. The van der Waals surface area contributed by atoms with E-state index < -0.39 is 47.9 Å². The van der Waals surface area contributed by atoms with Crippen LogP contribution in [0.5, 0.6) is 0 Å². The summed E-state index contributed by atoms with van der Waals surface area (Å²) in [6, 6.07) is 7.54. The van der Waals surface area contributed by atoms with Crippen LogP contribution in [0, 0.1) is 12.7 Å². The molecule has 3 aromatic rings. The van der Waals surface area contributed by atoms with E-state index in [1.165, 1.54) is 11.5 Å². The van der Waals surface area contributed by atoms with Crippen LogP contribution in [0.3, 0.4) is 0 Å². The average Bonchev–Trinajstić information content (AvgIpc) is 3.47. The van der Waals surface area contributed by atoms with Crippen LogP contribution in [0.25, 0.3) is 5.69 Å². The molecule has 2 aliphatic rings. The molecule has 3 heterocycles. The van der Waals surface area contributed by atoms with Crippen molar-refractivity contribution in [1.82, 2.24) is 14.5 Å². The topological polar surface area (TPSA) is 112 Å². The van der Waals surface area contributed by atoms with E-state index in [1.807, 2.05) is 0 Å². The number of benzene rings is 2. The Balaban J connectivity index is 1.33. The van der Waals surface area contributed by atoms with E-state index in [0.717, 1.165) is 10.6 Å². The minimum absolute atomic E-state index is 0.0775. The fourth-order valence-corrected chi connectivity index (χ4v) is 5.74. The Hall–Kier alpha value is -4.23. The summed E-state index contributed by atoms with van der Waals surface area (Å²) in [6.45, 7) is 3.86. The molecule has 5 rings (SSSR count). The van der Waals surface area contributed by atoms with Crippen LogP contribution in [0.4, 0.5) is 18.9 Å². The summed E-state index contributed by atoms with van der Waals surface area (Å²) in [5.41, 5.74) is 1.39. The van der Waals surface area contributed by atoms with Crippen molar-refractivity contribution in [2.75, 3.05) is 24.7 Å². The highest BCUT2D eigenvalue weighted by molar-refractivity contribution is 5.99. The molecule has 2 aliphatic heterocycles. The van der Waals surface area contributed by atoms with Crippen LogP contribution in [-0.2, 0) is 41.0 Å². The first kappa shape index (κ1) is 31.2. The number of carbonyl (C=O) groups is 2. The van der Waals surface area contributed by atoms with Crippen molar-refractivity contribution in [3.05, 3.63) is 91.0 Å². The van der Waals surface area contributed by atoms with Gasteiger partial charge in [-0.15, -0.1) is 0 Å². The van der Waals surface area contributed by atoms with E-state index in [9.17, 15) is 28.0 Å². The van der Waals surface area contributed by atoms with E-state index in [-0.39, 0.29) is 37.6 Å². The molecule has 10 nitrogen and oxygen atoms in total. The Morgan fingerprint density at radius 1 is 1.07 bits per heavy atom. The third kappa shape index (κ3) is 6.20. The second kappa shape index (κ2) is 12.8. The largest absolute Gasteiger partial charge is 0.377 e. The standard InChI is InChI=1S/C31H33F3N4O6/c1-17-10-21(37-8-9-43-14-22(37)13-27(33)34)12-24(32)28(17)29(40)35-25(18(2)39)11-19-4-6-20(7-5-19)38-30(41)23-15-44-16-26(23)36(3)31(38)42/h4-7,10,12,22,25,27H,8-9,11,13-16H2,1-3H3,(H,35,40)/t22-,25-/m0/s1. The quantitative estimate of drug-likeness (QED) is 0.395. The molecule has 13 heteroatoms. The lowest BCUT2D eigenvalue weighted by Gasteiger charge is -2.37. The smallest absolute Gasteiger partial charge is 0.335 e. The summed E-state index contributed by atoms with van der Waals surface area (Å²) in [5, 5.41) is 2.61. The minimum atomic E-state index is -2.55. The molecular formula is C31H33F3N4O6. The molecule has 44 heavy (non-hydrogen) atoms. The van der Waals surface area contributed by atoms with Gasteiger partial charge in [-0.3, -0.25) is 19.0 Å². The number of carbonyl (C=O) groups excluding carboxylic acids is 2. The third-order valence-electron chi connectivity index (χ3n) is 8.12. The number of hydrogen-bond donors (Lipinski definition) is 1. The Labute approximate surface area is 251 Å². The number of aryl methyl sites for hydroxylation is 1. The molecule has 0 radical (unpaired) electrons. The van der Waals surface area contributed by atoms with Gasteiger partial charge >= 0.3 is 5.69 Å². The Morgan fingerprint density at radius 3 is 2.45 bits per heavy atom. The van der Waals surface area contributed by atoms with E-state index in [4.69, 9.17) is 9.47 Å². The number of nitrogens with one attached hydrogen (secondary N) is 1. The molecule has 0 aliphatic carbocycles. The number of hydrogen-bond acceptors (Lipinski definition) is 7. The summed E-state index contributed by atoms with van der Waals surface area (Å²) in [5.74, 6) is -1.98. The maximum absolute atomic E-state index is 15.4. The maximum atomic E-state index is 15.4. The van der Waals surface area contributed by atoms with Gasteiger partial charge in [-0.2, -0.15) is 0 Å². The van der Waals surface area contributed by atoms with Crippen molar-refractivity contribution < 1.29 is 32.2 Å². The number of morpholine rings is 1. The van der Waals surface area contributed by atoms with E-state index in [1.54, 1.807) is 49.2 Å². The van der Waals surface area contributed by atoms with Gasteiger partial charge in [0.15, 0.2) is 5.78 Å². The number of aromatic nitrogens is 2. The van der Waals surface area contributed by atoms with E-state index in [0.29, 0.717) is 46.9 Å². The fraction of sp³-hybridized carbons (Fsp3) is 0.419. The van der Waals surface area contributed by atoms with Gasteiger partial charge in [0.25, 0.3) is 11.5 Å². The van der Waals surface area contributed by atoms with E-state index >= 15 is 4.39 Å². The number of nitrogens with zero attached hydrogens (tertiary/aromatic N) is 3. The number of ether oxygens (including phenoxy) is 2. The van der Waals surface area contributed by atoms with Crippen LogP contribution in [-0.4, -0.2) is 59.1 Å². The van der Waals surface area contributed by atoms with E-state index in [2.05, 4.69) is 5.32 Å². The van der Waals surface area contributed by atoms with Crippen LogP contribution >= 0.6 is 0 Å². The summed E-state index contributed by atoms with van der Waals surface area (Å²) in [7, 11) is 1.57. The van der Waals surface area contributed by atoms with Gasteiger partial charge in [0.2, 0.25) is 6.43 Å². The number of fused-ring (bicyclic) bond motifs is 1. The van der Waals surface area contributed by atoms with Crippen molar-refractivity contribution in [2.24, 2.45) is 7.05 Å². The Bertz CT molecular complexity index is 1680. The van der Waals surface area contributed by atoms with Gasteiger partial charge in [-0.1, -0.05) is 12.1 Å². The number of amides is 1. The molecule has 2 aromatic carbocycles. The monoisotopic (exact) mass is 614 g/mol. The lowest BCUT2D eigenvalue weighted by atomic mass is 10.0. The molecule has 1 aromatic heterocycles. The SMILES string of the molecule is CC(=O)[C@H](Cc1ccc(-n2c(=O)c3c(n(C)c2=O)COC3)cc1)NC(=O)c1c(C)cc(N2CCOC[C@@H]2CC(F)F)cc1F. The third-order valence-corrected chi connectivity index (χ3v) is 8.12. The zero-order valence-corrected chi connectivity index (χ0v) is 24.6. The van der Waals surface area contributed by atoms with Gasteiger partial charge in [0, 0.05) is 25.7 Å². The minimum Gasteiger partial charge on any atom is -0.377 e. The van der Waals surface area contributed by atoms with Gasteiger partial charge in [0.1, 0.15) is 5.82 Å². The molecule has 0 bridgehead atoms. The lowest BCUT2D eigenvalue weighted by molar-refractivity contribution is -0.118. The molecule has 1 fully saturated rings. The predicted octanol–water partition coefficient (Wildman–Crippen LogP) is 2.80. The lowest BCUT2D eigenvalue weighted by Crippen LogP contribution is -2.46. The van der Waals surface area contributed by atoms with Crippen LogP contribution in [0.1, 0.15) is 46.1 Å². The Kier molecular flexibility index (Phi) is 9.07. The molecule has 1 saturated heterocycles. The van der Waals surface area contributed by atoms with Crippen molar-refractivity contribution in [2.45, 2.75) is 58.4 Å². The highest BCUT2D eigenvalue weighted by Crippen LogP contribution is 2.28. The summed E-state index contributed by atoms with van der Waals surface area (Å²) < 4.78 is 54.7. The average molecular weight is 615 g/mol.